The number of halogens is 2. The highest BCUT2D eigenvalue weighted by Crippen LogP contribution is 2.61. The Bertz CT molecular complexity index is 1310. The number of ether oxygens (including phenoxy) is 1. The van der Waals surface area contributed by atoms with Crippen molar-refractivity contribution in [1.82, 2.24) is 4.90 Å². The quantitative estimate of drug-likeness (QED) is 0.503. The molecule has 4 aliphatic rings. The van der Waals surface area contributed by atoms with Crippen molar-refractivity contribution in [1.29, 1.82) is 0 Å². The number of nitrogens with zero attached hydrogens (tertiary/aromatic N) is 2. The maximum Gasteiger partial charge on any atom is 0.337 e. The van der Waals surface area contributed by atoms with Crippen molar-refractivity contribution in [2.45, 2.75) is 24.4 Å². The lowest BCUT2D eigenvalue weighted by Gasteiger charge is -2.36. The van der Waals surface area contributed by atoms with Gasteiger partial charge in [-0.1, -0.05) is 29.3 Å². The molecule has 3 saturated heterocycles. The van der Waals surface area contributed by atoms with E-state index in [2.05, 4.69) is 5.32 Å². The highest BCUT2D eigenvalue weighted by atomic mass is 35.5. The van der Waals surface area contributed by atoms with Gasteiger partial charge in [-0.3, -0.25) is 19.3 Å². The molecule has 1 N–H and O–H groups in total. The van der Waals surface area contributed by atoms with Crippen LogP contribution >= 0.6 is 23.2 Å². The summed E-state index contributed by atoms with van der Waals surface area (Å²) in [5.41, 5.74) is 0.0681. The van der Waals surface area contributed by atoms with E-state index in [4.69, 9.17) is 27.9 Å². The molecule has 3 fully saturated rings. The number of hydrogen-bond acceptors (Lipinski definition) is 6. The number of imide groups is 1. The fraction of sp³-hybridized carbons (Fsp3) is 0.333. The Morgan fingerprint density at radius 2 is 1.94 bits per heavy atom. The Kier molecular flexibility index (Phi) is 4.62. The van der Waals surface area contributed by atoms with Gasteiger partial charge in [0.05, 0.1) is 40.9 Å². The van der Waals surface area contributed by atoms with E-state index in [1.165, 1.54) is 13.2 Å². The van der Waals surface area contributed by atoms with Gasteiger partial charge >= 0.3 is 5.97 Å². The number of fused-ring (bicyclic) bond motifs is 7. The lowest BCUT2D eigenvalue weighted by Crippen LogP contribution is -2.54. The van der Waals surface area contributed by atoms with E-state index in [9.17, 15) is 19.2 Å². The summed E-state index contributed by atoms with van der Waals surface area (Å²) in [6.45, 7) is 0.576. The minimum Gasteiger partial charge on any atom is -0.465 e. The molecule has 10 heteroatoms. The molecule has 0 radical (unpaired) electrons. The summed E-state index contributed by atoms with van der Waals surface area (Å²) in [5, 5.41) is 3.49. The molecule has 0 aromatic heterocycles. The number of carbonyl (C=O) groups is 4. The molecule has 3 amide bonds. The van der Waals surface area contributed by atoms with Crippen LogP contribution in [0.2, 0.25) is 10.0 Å². The van der Waals surface area contributed by atoms with Crippen molar-refractivity contribution in [3.8, 4) is 0 Å². The number of carbonyl (C=O) groups excluding carboxylic acids is 4. The van der Waals surface area contributed by atoms with E-state index in [0.29, 0.717) is 29.2 Å². The van der Waals surface area contributed by atoms with Crippen LogP contribution in [-0.4, -0.2) is 48.3 Å². The fourth-order valence-corrected chi connectivity index (χ4v) is 6.91. The van der Waals surface area contributed by atoms with Gasteiger partial charge in [-0.25, -0.2) is 9.69 Å². The zero-order valence-electron chi connectivity index (χ0n) is 18.0. The maximum absolute atomic E-state index is 14.0. The van der Waals surface area contributed by atoms with Crippen molar-refractivity contribution >= 4 is 58.3 Å². The summed E-state index contributed by atoms with van der Waals surface area (Å²) >= 11 is 12.7. The Morgan fingerprint density at radius 3 is 2.71 bits per heavy atom. The van der Waals surface area contributed by atoms with Gasteiger partial charge in [0, 0.05) is 16.6 Å². The zero-order valence-corrected chi connectivity index (χ0v) is 19.5. The average molecular weight is 500 g/mol. The number of amides is 3. The Morgan fingerprint density at radius 1 is 1.15 bits per heavy atom. The summed E-state index contributed by atoms with van der Waals surface area (Å²) in [4.78, 5) is 56.6. The van der Waals surface area contributed by atoms with Crippen LogP contribution in [0.15, 0.2) is 36.4 Å². The molecule has 34 heavy (non-hydrogen) atoms. The second-order valence-corrected chi connectivity index (χ2v) is 9.83. The topological polar surface area (TPSA) is 96.0 Å². The first-order valence-corrected chi connectivity index (χ1v) is 11.7. The van der Waals surface area contributed by atoms with Crippen LogP contribution in [0.4, 0.5) is 11.4 Å². The van der Waals surface area contributed by atoms with Crippen LogP contribution in [0.3, 0.4) is 0 Å². The van der Waals surface area contributed by atoms with Crippen molar-refractivity contribution in [3.63, 3.8) is 0 Å². The van der Waals surface area contributed by atoms with Gasteiger partial charge in [-0.2, -0.15) is 0 Å². The molecule has 174 valence electrons. The number of nitrogens with one attached hydrogen (secondary N) is 1. The van der Waals surface area contributed by atoms with Gasteiger partial charge in [-0.05, 0) is 49.7 Å². The molecule has 0 bridgehead atoms. The molecule has 0 saturated carbocycles. The monoisotopic (exact) mass is 499 g/mol. The summed E-state index contributed by atoms with van der Waals surface area (Å²) in [6, 6.07) is 9.12. The second kappa shape index (κ2) is 7.28. The molecule has 0 aliphatic carbocycles. The van der Waals surface area contributed by atoms with E-state index >= 15 is 0 Å². The third kappa shape index (κ3) is 2.53. The van der Waals surface area contributed by atoms with Crippen LogP contribution in [0, 0.1) is 11.8 Å². The minimum atomic E-state index is -1.38. The Hall–Kier alpha value is -2.94. The van der Waals surface area contributed by atoms with Crippen LogP contribution < -0.4 is 10.2 Å². The zero-order chi connectivity index (χ0) is 23.9. The third-order valence-corrected chi connectivity index (χ3v) is 8.06. The first kappa shape index (κ1) is 21.6. The normalized spacial score (nSPS) is 29.4. The minimum absolute atomic E-state index is 0.220. The number of rotatable bonds is 2. The smallest absolute Gasteiger partial charge is 0.337 e. The van der Waals surface area contributed by atoms with Crippen LogP contribution in [-0.2, 0) is 24.7 Å². The molecule has 4 heterocycles. The van der Waals surface area contributed by atoms with Crippen molar-refractivity contribution in [2.75, 3.05) is 23.9 Å². The molecule has 2 aromatic carbocycles. The van der Waals surface area contributed by atoms with Gasteiger partial charge in [0.1, 0.15) is 5.54 Å². The second-order valence-electron chi connectivity index (χ2n) is 8.99. The van der Waals surface area contributed by atoms with Crippen molar-refractivity contribution < 1.29 is 23.9 Å². The molecule has 4 atom stereocenters. The van der Waals surface area contributed by atoms with E-state index in [-0.39, 0.29) is 34.1 Å². The highest BCUT2D eigenvalue weighted by Gasteiger charge is 2.74. The van der Waals surface area contributed by atoms with Gasteiger partial charge in [0.2, 0.25) is 11.8 Å². The van der Waals surface area contributed by atoms with E-state index in [1.807, 2.05) is 4.90 Å². The molecule has 4 aliphatic heterocycles. The lowest BCUT2D eigenvalue weighted by atomic mass is 9.75. The van der Waals surface area contributed by atoms with Gasteiger partial charge in [0.15, 0.2) is 0 Å². The summed E-state index contributed by atoms with van der Waals surface area (Å²) < 4.78 is 4.78. The van der Waals surface area contributed by atoms with Crippen molar-refractivity contribution in [3.05, 3.63) is 57.6 Å². The molecule has 6 rings (SSSR count). The predicted octanol–water partition coefficient (Wildman–Crippen LogP) is 3.21. The van der Waals surface area contributed by atoms with E-state index in [0.717, 1.165) is 11.3 Å². The van der Waals surface area contributed by atoms with E-state index in [1.54, 1.807) is 30.3 Å². The third-order valence-electron chi connectivity index (χ3n) is 7.54. The highest BCUT2D eigenvalue weighted by molar-refractivity contribution is 6.38. The molecular weight excluding hydrogens is 481 g/mol. The van der Waals surface area contributed by atoms with Crippen LogP contribution in [0.1, 0.15) is 28.8 Å². The summed E-state index contributed by atoms with van der Waals surface area (Å²) in [5.74, 6) is -3.45. The molecule has 8 nitrogen and oxygen atoms in total. The summed E-state index contributed by atoms with van der Waals surface area (Å²) in [6.07, 6.45) is 1.49. The first-order chi connectivity index (χ1) is 16.3. The summed E-state index contributed by atoms with van der Waals surface area (Å²) in [7, 11) is 1.26. The van der Waals surface area contributed by atoms with Crippen LogP contribution in [0.25, 0.3) is 0 Å². The number of esters is 1. The standard InChI is InChI=1S/C24H19Cl2N3O5/c1-34-22(32)11-4-2-5-13(8-11)29-20(30)17-16-6-3-7-28(16)24(18(17)21(29)31)14-9-12(25)10-15(26)19(14)27-23(24)33/h2,4-5,8-10,16-18H,3,6-7H2,1H3,(H,27,33). The lowest BCUT2D eigenvalue weighted by molar-refractivity contribution is -0.135. The van der Waals surface area contributed by atoms with Gasteiger partial charge < -0.3 is 10.1 Å². The number of methoxy groups -OCH3 is 1. The first-order valence-electron chi connectivity index (χ1n) is 10.9. The van der Waals surface area contributed by atoms with E-state index < -0.39 is 29.3 Å². The van der Waals surface area contributed by atoms with Gasteiger partial charge in [-0.15, -0.1) is 0 Å². The SMILES string of the molecule is COC(=O)c1cccc(N2C(=O)C3C4CCCN4C4(C(=O)Nc5c(Cl)cc(Cl)cc54)C3C2=O)c1. The molecule has 1 spiro atoms. The predicted molar refractivity (Wildman–Crippen MR) is 124 cm³/mol. The molecular formula is C24H19Cl2N3O5. The molecule has 4 unspecified atom stereocenters. The number of benzene rings is 2. The Balaban J connectivity index is 1.53. The molecule has 2 aromatic rings. The fourth-order valence-electron chi connectivity index (χ4n) is 6.37. The van der Waals surface area contributed by atoms with Gasteiger partial charge in [0.25, 0.3) is 5.91 Å². The number of hydrogen-bond donors (Lipinski definition) is 1. The van der Waals surface area contributed by atoms with Crippen LogP contribution in [0.5, 0.6) is 0 Å². The average Bonchev–Trinajstić information content (AvgIpc) is 3.52. The maximum atomic E-state index is 14.0. The number of anilines is 2. The largest absolute Gasteiger partial charge is 0.465 e. The Labute approximate surface area is 204 Å². The van der Waals surface area contributed by atoms with Crippen molar-refractivity contribution in [2.24, 2.45) is 11.8 Å².